The molecule has 2 N–H and O–H groups in total. The van der Waals surface area contributed by atoms with Crippen molar-refractivity contribution in [2.75, 3.05) is 6.54 Å². The van der Waals surface area contributed by atoms with Gasteiger partial charge in [-0.2, -0.15) is 0 Å². The van der Waals surface area contributed by atoms with E-state index in [-0.39, 0.29) is 12.1 Å². The molecule has 1 aliphatic rings. The lowest BCUT2D eigenvalue weighted by molar-refractivity contribution is 0.191. The van der Waals surface area contributed by atoms with E-state index in [2.05, 4.69) is 15.5 Å². The summed E-state index contributed by atoms with van der Waals surface area (Å²) in [6.07, 6.45) is 2.08. The lowest BCUT2D eigenvalue weighted by Gasteiger charge is -2.02. The van der Waals surface area contributed by atoms with Crippen molar-refractivity contribution < 1.29 is 9.63 Å². The van der Waals surface area contributed by atoms with Crippen LogP contribution < -0.4 is 5.32 Å². The summed E-state index contributed by atoms with van der Waals surface area (Å²) >= 11 is 0. The quantitative estimate of drug-likeness (QED) is 0.810. The Morgan fingerprint density at radius 2 is 2.29 bits per heavy atom. The van der Waals surface area contributed by atoms with E-state index in [1.54, 1.807) is 6.20 Å². The standard InChI is InChI=1S/C12H13N3O2/c16-8-5-11(14-7-8)12-6-10(15-17-12)9-3-1-2-4-13-9/h1-4,6,8,11,14,16H,5,7H2/t8-,11+/m1/s1. The normalized spacial score (nSPS) is 24.1. The fourth-order valence-corrected chi connectivity index (χ4v) is 2.02. The Balaban J connectivity index is 1.84. The van der Waals surface area contributed by atoms with Gasteiger partial charge in [0.1, 0.15) is 5.69 Å². The molecule has 0 unspecified atom stereocenters. The van der Waals surface area contributed by atoms with E-state index >= 15 is 0 Å². The minimum absolute atomic E-state index is 0.0509. The summed E-state index contributed by atoms with van der Waals surface area (Å²) in [5.74, 6) is 0.752. The molecule has 2 aromatic heterocycles. The van der Waals surface area contributed by atoms with Gasteiger partial charge >= 0.3 is 0 Å². The van der Waals surface area contributed by atoms with Crippen LogP contribution in [0.25, 0.3) is 11.4 Å². The second kappa shape index (κ2) is 4.27. The Morgan fingerprint density at radius 3 is 3.00 bits per heavy atom. The molecule has 1 fully saturated rings. The molecular weight excluding hydrogens is 218 g/mol. The molecule has 0 aliphatic carbocycles. The Bertz CT molecular complexity index is 497. The van der Waals surface area contributed by atoms with E-state index in [4.69, 9.17) is 4.52 Å². The molecule has 2 aromatic rings. The molecule has 1 aliphatic heterocycles. The van der Waals surface area contributed by atoms with Gasteiger partial charge in [0, 0.05) is 18.8 Å². The van der Waals surface area contributed by atoms with Crippen LogP contribution in [-0.2, 0) is 0 Å². The van der Waals surface area contributed by atoms with E-state index in [1.807, 2.05) is 24.3 Å². The van der Waals surface area contributed by atoms with Crippen LogP contribution in [0, 0.1) is 0 Å². The van der Waals surface area contributed by atoms with Crippen LogP contribution in [0.2, 0.25) is 0 Å². The molecule has 0 saturated carbocycles. The largest absolute Gasteiger partial charge is 0.392 e. The van der Waals surface area contributed by atoms with Gasteiger partial charge < -0.3 is 14.9 Å². The minimum atomic E-state index is -0.302. The van der Waals surface area contributed by atoms with E-state index in [9.17, 15) is 5.11 Å². The van der Waals surface area contributed by atoms with Gasteiger partial charge in [0.25, 0.3) is 0 Å². The average Bonchev–Trinajstić information content (AvgIpc) is 2.98. The van der Waals surface area contributed by atoms with E-state index in [0.717, 1.165) is 17.1 Å². The van der Waals surface area contributed by atoms with Gasteiger partial charge in [-0.25, -0.2) is 0 Å². The molecule has 0 bridgehead atoms. The number of rotatable bonds is 2. The highest BCUT2D eigenvalue weighted by atomic mass is 16.5. The molecule has 2 atom stereocenters. The Labute approximate surface area is 98.5 Å². The molecule has 3 heterocycles. The minimum Gasteiger partial charge on any atom is -0.392 e. The summed E-state index contributed by atoms with van der Waals surface area (Å²) in [5, 5.41) is 16.6. The Morgan fingerprint density at radius 1 is 1.35 bits per heavy atom. The summed E-state index contributed by atoms with van der Waals surface area (Å²) in [4.78, 5) is 4.21. The van der Waals surface area contributed by atoms with Crippen molar-refractivity contribution in [2.45, 2.75) is 18.6 Å². The summed E-state index contributed by atoms with van der Waals surface area (Å²) in [6.45, 7) is 0.601. The second-order valence-electron chi connectivity index (χ2n) is 4.18. The number of hydrogen-bond donors (Lipinski definition) is 2. The fourth-order valence-electron chi connectivity index (χ4n) is 2.02. The first kappa shape index (κ1) is 10.4. The zero-order valence-corrected chi connectivity index (χ0v) is 9.21. The molecule has 5 nitrogen and oxygen atoms in total. The maximum Gasteiger partial charge on any atom is 0.154 e. The predicted molar refractivity (Wildman–Crippen MR) is 61.1 cm³/mol. The maximum absolute atomic E-state index is 9.45. The van der Waals surface area contributed by atoms with E-state index in [1.165, 1.54) is 0 Å². The molecule has 1 saturated heterocycles. The zero-order valence-electron chi connectivity index (χ0n) is 9.21. The number of nitrogens with zero attached hydrogens (tertiary/aromatic N) is 2. The number of aliphatic hydroxyl groups excluding tert-OH is 1. The van der Waals surface area contributed by atoms with Crippen molar-refractivity contribution in [1.82, 2.24) is 15.5 Å². The van der Waals surface area contributed by atoms with Gasteiger partial charge in [0.05, 0.1) is 17.8 Å². The predicted octanol–water partition coefficient (Wildman–Crippen LogP) is 1.13. The number of pyridine rings is 1. The molecule has 0 radical (unpaired) electrons. The third-order valence-electron chi connectivity index (χ3n) is 2.91. The second-order valence-corrected chi connectivity index (χ2v) is 4.18. The monoisotopic (exact) mass is 231 g/mol. The van der Waals surface area contributed by atoms with E-state index < -0.39 is 0 Å². The molecule has 17 heavy (non-hydrogen) atoms. The number of nitrogens with one attached hydrogen (secondary N) is 1. The number of aromatic nitrogens is 2. The third kappa shape index (κ3) is 2.07. The van der Waals surface area contributed by atoms with E-state index in [0.29, 0.717) is 13.0 Å². The lowest BCUT2D eigenvalue weighted by Crippen LogP contribution is -2.14. The Hall–Kier alpha value is -1.72. The molecule has 0 spiro atoms. The van der Waals surface area contributed by atoms with Crippen molar-refractivity contribution in [3.63, 3.8) is 0 Å². The van der Waals surface area contributed by atoms with Gasteiger partial charge in [-0.05, 0) is 18.6 Å². The molecule has 3 rings (SSSR count). The first-order valence-electron chi connectivity index (χ1n) is 5.62. The first-order valence-corrected chi connectivity index (χ1v) is 5.62. The molecule has 88 valence electrons. The molecule has 0 amide bonds. The highest BCUT2D eigenvalue weighted by Crippen LogP contribution is 2.26. The highest BCUT2D eigenvalue weighted by molar-refractivity contribution is 5.53. The van der Waals surface area contributed by atoms with Crippen LogP contribution in [0.15, 0.2) is 35.0 Å². The zero-order chi connectivity index (χ0) is 11.7. The van der Waals surface area contributed by atoms with Gasteiger partial charge in [0.2, 0.25) is 0 Å². The van der Waals surface area contributed by atoms with Crippen LogP contribution in [0.3, 0.4) is 0 Å². The molecular formula is C12H13N3O2. The Kier molecular flexibility index (Phi) is 2.62. The number of hydrogen-bond acceptors (Lipinski definition) is 5. The van der Waals surface area contributed by atoms with Crippen molar-refractivity contribution in [1.29, 1.82) is 0 Å². The average molecular weight is 231 g/mol. The SMILES string of the molecule is O[C@H]1CN[C@H](c2cc(-c3ccccn3)no2)C1. The first-order chi connectivity index (χ1) is 8.33. The van der Waals surface area contributed by atoms with Crippen LogP contribution in [0.1, 0.15) is 18.2 Å². The topological polar surface area (TPSA) is 71.2 Å². The van der Waals surface area contributed by atoms with Crippen LogP contribution in [-0.4, -0.2) is 27.9 Å². The summed E-state index contributed by atoms with van der Waals surface area (Å²) < 4.78 is 5.29. The van der Waals surface area contributed by atoms with Gasteiger partial charge in [0.15, 0.2) is 5.76 Å². The highest BCUT2D eigenvalue weighted by Gasteiger charge is 2.26. The third-order valence-corrected chi connectivity index (χ3v) is 2.91. The fraction of sp³-hybridized carbons (Fsp3) is 0.333. The van der Waals surface area contributed by atoms with Crippen molar-refractivity contribution in [3.8, 4) is 11.4 Å². The summed E-state index contributed by atoms with van der Waals surface area (Å²) in [5.41, 5.74) is 1.52. The van der Waals surface area contributed by atoms with Gasteiger partial charge in [-0.3, -0.25) is 4.98 Å². The number of aliphatic hydroxyl groups is 1. The summed E-state index contributed by atoms with van der Waals surface area (Å²) in [7, 11) is 0. The van der Waals surface area contributed by atoms with Gasteiger partial charge in [-0.1, -0.05) is 11.2 Å². The van der Waals surface area contributed by atoms with Crippen LogP contribution in [0.4, 0.5) is 0 Å². The van der Waals surface area contributed by atoms with Crippen LogP contribution >= 0.6 is 0 Å². The lowest BCUT2D eigenvalue weighted by atomic mass is 10.1. The summed E-state index contributed by atoms with van der Waals surface area (Å²) in [6, 6.07) is 7.58. The smallest absolute Gasteiger partial charge is 0.154 e. The van der Waals surface area contributed by atoms with Crippen molar-refractivity contribution >= 4 is 0 Å². The van der Waals surface area contributed by atoms with Gasteiger partial charge in [-0.15, -0.1) is 0 Å². The molecule has 5 heteroatoms. The van der Waals surface area contributed by atoms with Crippen molar-refractivity contribution in [2.24, 2.45) is 0 Å². The van der Waals surface area contributed by atoms with Crippen LogP contribution in [0.5, 0.6) is 0 Å². The number of β-amino-alcohol motifs (C(OH)–C–C–N with tert-alkyl or cyclic N) is 1. The molecule has 0 aromatic carbocycles. The van der Waals surface area contributed by atoms with Crippen molar-refractivity contribution in [3.05, 3.63) is 36.2 Å². The maximum atomic E-state index is 9.45.